The first kappa shape index (κ1) is 27.5. The number of rotatable bonds is 4. The van der Waals surface area contributed by atoms with Crippen molar-refractivity contribution >= 4 is 11.8 Å². The molecule has 4 aliphatic rings. The second-order valence-electron chi connectivity index (χ2n) is 10.2. The highest BCUT2D eigenvalue weighted by Gasteiger charge is 2.67. The van der Waals surface area contributed by atoms with Crippen LogP contribution in [0.3, 0.4) is 0 Å². The lowest BCUT2D eigenvalue weighted by Gasteiger charge is -2.34. The van der Waals surface area contributed by atoms with Gasteiger partial charge in [-0.25, -0.2) is 9.18 Å². The molecular weight excluding hydrogens is 447 g/mol. The number of epoxide rings is 2. The Morgan fingerprint density at radius 3 is 2.31 bits per heavy atom. The van der Waals surface area contributed by atoms with E-state index in [1.807, 2.05) is 13.8 Å². The standard InChI is InChI=1S/C15H24O2.C11H13FN2O2.C2H6/c1-11(2)7-8-13-14(3,17-13)12-6-4-5-9-15(12)10-16-15;12-9-1-3-10(4-2-9)13-5-7-14(8-6-13)11(15)16;1-2/h7,12-13H,4-6,8-10H2,1-3H3;1-4H,5-8H2,(H,15,16);1-2H3. The van der Waals surface area contributed by atoms with Crippen LogP contribution in [0.25, 0.3) is 0 Å². The van der Waals surface area contributed by atoms with Crippen molar-refractivity contribution < 1.29 is 23.8 Å². The molecule has 4 atom stereocenters. The van der Waals surface area contributed by atoms with E-state index in [1.54, 1.807) is 12.1 Å². The van der Waals surface area contributed by atoms with Crippen molar-refractivity contribution in [2.24, 2.45) is 5.92 Å². The van der Waals surface area contributed by atoms with Gasteiger partial charge in [0.25, 0.3) is 0 Å². The minimum Gasteiger partial charge on any atom is -0.465 e. The molecule has 4 unspecified atom stereocenters. The van der Waals surface area contributed by atoms with Crippen LogP contribution in [-0.4, -0.2) is 66.2 Å². The van der Waals surface area contributed by atoms with Gasteiger partial charge in [0.15, 0.2) is 0 Å². The summed E-state index contributed by atoms with van der Waals surface area (Å²) in [7, 11) is 0. The van der Waals surface area contributed by atoms with Crippen molar-refractivity contribution in [1.82, 2.24) is 4.90 Å². The number of amides is 1. The molecule has 1 spiro atoms. The van der Waals surface area contributed by atoms with Crippen molar-refractivity contribution in [2.75, 3.05) is 37.7 Å². The zero-order chi connectivity index (χ0) is 25.6. The van der Waals surface area contributed by atoms with Crippen LogP contribution >= 0.6 is 0 Å². The first-order chi connectivity index (χ1) is 16.7. The average molecular weight is 491 g/mol. The van der Waals surface area contributed by atoms with Gasteiger partial charge in [-0.05, 0) is 64.3 Å². The quantitative estimate of drug-likeness (QED) is 0.407. The lowest BCUT2D eigenvalue weighted by Crippen LogP contribution is -2.48. The average Bonchev–Trinajstić information content (AvgIpc) is 3.78. The number of ether oxygens (including phenoxy) is 2. The van der Waals surface area contributed by atoms with E-state index in [0.29, 0.717) is 38.2 Å². The van der Waals surface area contributed by atoms with Crippen LogP contribution < -0.4 is 4.90 Å². The summed E-state index contributed by atoms with van der Waals surface area (Å²) in [6.45, 7) is 13.9. The normalized spacial score (nSPS) is 30.9. The molecule has 6 nitrogen and oxygen atoms in total. The molecular formula is C28H43FN2O4. The first-order valence-electron chi connectivity index (χ1n) is 13.2. The third kappa shape index (κ3) is 6.76. The highest BCUT2D eigenvalue weighted by molar-refractivity contribution is 5.65. The van der Waals surface area contributed by atoms with Crippen LogP contribution in [-0.2, 0) is 9.47 Å². The number of anilines is 1. The molecule has 1 saturated carbocycles. The Morgan fingerprint density at radius 1 is 1.14 bits per heavy atom. The number of hydrogen-bond acceptors (Lipinski definition) is 4. The van der Waals surface area contributed by atoms with Crippen molar-refractivity contribution in [1.29, 1.82) is 0 Å². The fourth-order valence-corrected chi connectivity index (χ4v) is 5.47. The Morgan fingerprint density at radius 2 is 1.77 bits per heavy atom. The Hall–Kier alpha value is -2.12. The smallest absolute Gasteiger partial charge is 0.407 e. The summed E-state index contributed by atoms with van der Waals surface area (Å²) in [4.78, 5) is 14.1. The second kappa shape index (κ2) is 11.7. The molecule has 0 bridgehead atoms. The zero-order valence-electron chi connectivity index (χ0n) is 22.1. The summed E-state index contributed by atoms with van der Waals surface area (Å²) >= 11 is 0. The Labute approximate surface area is 210 Å². The molecule has 3 aliphatic heterocycles. The van der Waals surface area contributed by atoms with Gasteiger partial charge in [0.05, 0.1) is 23.9 Å². The molecule has 7 heteroatoms. The van der Waals surface area contributed by atoms with Crippen LogP contribution in [0.15, 0.2) is 35.9 Å². The van der Waals surface area contributed by atoms with Gasteiger partial charge in [0.2, 0.25) is 0 Å². The molecule has 5 rings (SSSR count). The molecule has 1 aromatic rings. The summed E-state index contributed by atoms with van der Waals surface area (Å²) < 4.78 is 24.6. The van der Waals surface area contributed by atoms with Gasteiger partial charge < -0.3 is 24.4 Å². The molecule has 0 radical (unpaired) electrons. The number of halogens is 1. The number of benzene rings is 1. The van der Waals surface area contributed by atoms with Crippen LogP contribution in [0.2, 0.25) is 0 Å². The van der Waals surface area contributed by atoms with Crippen molar-refractivity contribution in [3.05, 3.63) is 41.7 Å². The number of hydrogen-bond donors (Lipinski definition) is 1. The van der Waals surface area contributed by atoms with Crippen LogP contribution in [0, 0.1) is 11.7 Å². The zero-order valence-corrected chi connectivity index (χ0v) is 22.1. The SMILES string of the molecule is CC.CC(C)=CCC1OC1(C)C1CCCCC12CO2.O=C(O)N1CCN(c2ccc(F)cc2)CC1. The first-order valence-corrected chi connectivity index (χ1v) is 13.2. The summed E-state index contributed by atoms with van der Waals surface area (Å²) in [5, 5.41) is 8.79. The third-order valence-corrected chi connectivity index (χ3v) is 7.65. The number of allylic oxidation sites excluding steroid dienone is 1. The Balaban J connectivity index is 0.000000183. The number of nitrogens with zero attached hydrogens (tertiary/aromatic N) is 2. The van der Waals surface area contributed by atoms with Gasteiger partial charge in [-0.1, -0.05) is 38.3 Å². The minimum absolute atomic E-state index is 0.100. The Kier molecular flexibility index (Phi) is 9.22. The highest BCUT2D eigenvalue weighted by atomic mass is 19.1. The molecule has 196 valence electrons. The van der Waals surface area contributed by atoms with Gasteiger partial charge in [0, 0.05) is 37.8 Å². The van der Waals surface area contributed by atoms with Gasteiger partial charge in [-0.3, -0.25) is 0 Å². The number of carboxylic acid groups (broad SMARTS) is 1. The van der Waals surface area contributed by atoms with E-state index in [-0.39, 0.29) is 17.0 Å². The molecule has 1 N–H and O–H groups in total. The van der Waals surface area contributed by atoms with Crippen LogP contribution in [0.1, 0.15) is 66.7 Å². The predicted molar refractivity (Wildman–Crippen MR) is 138 cm³/mol. The molecule has 4 fully saturated rings. The van der Waals surface area contributed by atoms with E-state index in [0.717, 1.165) is 18.7 Å². The van der Waals surface area contributed by atoms with Crippen molar-refractivity contribution in [3.8, 4) is 0 Å². The molecule has 0 aromatic heterocycles. The van der Waals surface area contributed by atoms with E-state index in [9.17, 15) is 9.18 Å². The van der Waals surface area contributed by atoms with Crippen molar-refractivity contribution in [3.63, 3.8) is 0 Å². The molecule has 3 saturated heterocycles. The van der Waals surface area contributed by atoms with E-state index in [4.69, 9.17) is 14.6 Å². The largest absolute Gasteiger partial charge is 0.465 e. The summed E-state index contributed by atoms with van der Waals surface area (Å²) in [5.74, 6) is 0.382. The number of piperazine rings is 1. The molecule has 3 heterocycles. The molecule has 1 aliphatic carbocycles. The summed E-state index contributed by atoms with van der Waals surface area (Å²) in [5.41, 5.74) is 2.64. The Bertz CT molecular complexity index is 858. The molecule has 1 amide bonds. The summed E-state index contributed by atoms with van der Waals surface area (Å²) in [6, 6.07) is 6.26. The fraction of sp³-hybridized carbons (Fsp3) is 0.679. The molecule has 1 aromatic carbocycles. The van der Waals surface area contributed by atoms with E-state index in [2.05, 4.69) is 31.7 Å². The van der Waals surface area contributed by atoms with Crippen molar-refractivity contribution in [2.45, 2.75) is 84.0 Å². The maximum Gasteiger partial charge on any atom is 0.407 e. The summed E-state index contributed by atoms with van der Waals surface area (Å²) in [6.07, 6.45) is 8.17. The maximum atomic E-state index is 12.7. The lowest BCUT2D eigenvalue weighted by molar-refractivity contribution is 0.0886. The topological polar surface area (TPSA) is 68.8 Å². The van der Waals surface area contributed by atoms with Gasteiger partial charge >= 0.3 is 6.09 Å². The van der Waals surface area contributed by atoms with E-state index >= 15 is 0 Å². The van der Waals surface area contributed by atoms with Crippen LogP contribution in [0.5, 0.6) is 0 Å². The lowest BCUT2D eigenvalue weighted by atomic mass is 9.71. The highest BCUT2D eigenvalue weighted by Crippen LogP contribution is 2.58. The van der Waals surface area contributed by atoms with Gasteiger partial charge in [0.1, 0.15) is 5.82 Å². The van der Waals surface area contributed by atoms with Crippen LogP contribution in [0.4, 0.5) is 14.9 Å². The minimum atomic E-state index is -0.876. The van der Waals surface area contributed by atoms with Gasteiger partial charge in [-0.15, -0.1) is 0 Å². The fourth-order valence-electron chi connectivity index (χ4n) is 5.47. The van der Waals surface area contributed by atoms with Gasteiger partial charge in [-0.2, -0.15) is 0 Å². The maximum absolute atomic E-state index is 12.7. The van der Waals surface area contributed by atoms with E-state index < -0.39 is 6.09 Å². The third-order valence-electron chi connectivity index (χ3n) is 7.65. The van der Waals surface area contributed by atoms with E-state index in [1.165, 1.54) is 48.3 Å². The molecule has 35 heavy (non-hydrogen) atoms. The second-order valence-corrected chi connectivity index (χ2v) is 10.2. The monoisotopic (exact) mass is 490 g/mol. The predicted octanol–water partition coefficient (Wildman–Crippen LogP) is 6.11. The number of carbonyl (C=O) groups is 1.